The molecule has 1 heterocycles. The van der Waals surface area contributed by atoms with Crippen LogP contribution in [-0.4, -0.2) is 40.2 Å². The van der Waals surface area contributed by atoms with Crippen molar-refractivity contribution < 1.29 is 24.6 Å². The van der Waals surface area contributed by atoms with Gasteiger partial charge in [-0.3, -0.25) is 10.1 Å². The molecule has 0 aliphatic carbocycles. The van der Waals surface area contributed by atoms with E-state index in [-0.39, 0.29) is 12.3 Å². The zero-order valence-electron chi connectivity index (χ0n) is 10.1. The van der Waals surface area contributed by atoms with E-state index in [1.807, 2.05) is 0 Å². The molecule has 3 atom stereocenters. The summed E-state index contributed by atoms with van der Waals surface area (Å²) in [5.74, 6) is 0.448. The molecule has 1 aliphatic heterocycles. The van der Waals surface area contributed by atoms with E-state index in [4.69, 9.17) is 14.6 Å². The fourth-order valence-corrected chi connectivity index (χ4v) is 1.90. The smallest absolute Gasteiger partial charge is 0.269 e. The van der Waals surface area contributed by atoms with Crippen LogP contribution in [0.2, 0.25) is 0 Å². The molecule has 0 spiro atoms. The SMILES string of the molecule is O=[N+]([O-])c1ccc(OC2CC[C@@H](O)C(CO)O2)cc1. The molecule has 2 unspecified atom stereocenters. The molecule has 104 valence electrons. The summed E-state index contributed by atoms with van der Waals surface area (Å²) in [5, 5.41) is 29.1. The quantitative estimate of drug-likeness (QED) is 0.620. The highest BCUT2D eigenvalue weighted by molar-refractivity contribution is 5.36. The van der Waals surface area contributed by atoms with Crippen LogP contribution >= 0.6 is 0 Å². The van der Waals surface area contributed by atoms with Crippen LogP contribution in [0.3, 0.4) is 0 Å². The number of hydrogen-bond acceptors (Lipinski definition) is 6. The van der Waals surface area contributed by atoms with Gasteiger partial charge in [0.1, 0.15) is 11.9 Å². The maximum absolute atomic E-state index is 10.5. The highest BCUT2D eigenvalue weighted by Crippen LogP contribution is 2.24. The zero-order valence-corrected chi connectivity index (χ0v) is 10.1. The Kier molecular flexibility index (Phi) is 4.31. The van der Waals surface area contributed by atoms with Crippen molar-refractivity contribution in [3.05, 3.63) is 34.4 Å². The number of nitro groups is 1. The number of nitrogens with zero attached hydrogens (tertiary/aromatic N) is 1. The largest absolute Gasteiger partial charge is 0.465 e. The average molecular weight is 269 g/mol. The minimum atomic E-state index is -0.693. The average Bonchev–Trinajstić information content (AvgIpc) is 2.41. The highest BCUT2D eigenvalue weighted by atomic mass is 16.7. The number of aliphatic hydroxyl groups excluding tert-OH is 2. The molecule has 19 heavy (non-hydrogen) atoms. The summed E-state index contributed by atoms with van der Waals surface area (Å²) in [7, 11) is 0. The Bertz CT molecular complexity index is 434. The lowest BCUT2D eigenvalue weighted by Gasteiger charge is -2.32. The van der Waals surface area contributed by atoms with Crippen LogP contribution in [0, 0.1) is 10.1 Å². The summed E-state index contributed by atoms with van der Waals surface area (Å²) in [6, 6.07) is 5.66. The predicted octanol–water partition coefficient (Wildman–Crippen LogP) is 0.832. The highest BCUT2D eigenvalue weighted by Gasteiger charge is 2.30. The van der Waals surface area contributed by atoms with E-state index in [0.29, 0.717) is 18.6 Å². The van der Waals surface area contributed by atoms with Gasteiger partial charge in [0.25, 0.3) is 5.69 Å². The second-order valence-corrected chi connectivity index (χ2v) is 4.30. The van der Waals surface area contributed by atoms with Gasteiger partial charge in [0.15, 0.2) is 6.29 Å². The van der Waals surface area contributed by atoms with E-state index in [1.54, 1.807) is 0 Å². The first-order valence-electron chi connectivity index (χ1n) is 5.95. The standard InChI is InChI=1S/C12H15NO6/c14-7-11-10(15)5-6-12(19-11)18-9-3-1-8(2-4-9)13(16)17/h1-4,10-12,14-15H,5-7H2/t10-,11?,12?/m1/s1. The number of ether oxygens (including phenoxy) is 2. The van der Waals surface area contributed by atoms with Crippen molar-refractivity contribution in [1.29, 1.82) is 0 Å². The van der Waals surface area contributed by atoms with Crippen LogP contribution < -0.4 is 4.74 Å². The third-order valence-corrected chi connectivity index (χ3v) is 2.95. The van der Waals surface area contributed by atoms with Gasteiger partial charge in [0.2, 0.25) is 0 Å². The molecule has 1 aromatic rings. The Balaban J connectivity index is 1.95. The van der Waals surface area contributed by atoms with Crippen LogP contribution in [0.1, 0.15) is 12.8 Å². The van der Waals surface area contributed by atoms with E-state index >= 15 is 0 Å². The van der Waals surface area contributed by atoms with E-state index in [2.05, 4.69) is 0 Å². The number of aliphatic hydroxyl groups is 2. The molecule has 0 amide bonds. The Morgan fingerprint density at radius 2 is 2.05 bits per heavy atom. The molecule has 0 bridgehead atoms. The monoisotopic (exact) mass is 269 g/mol. The van der Waals surface area contributed by atoms with Gasteiger partial charge < -0.3 is 19.7 Å². The summed E-state index contributed by atoms with van der Waals surface area (Å²) in [5.41, 5.74) is -0.0134. The van der Waals surface area contributed by atoms with E-state index in [9.17, 15) is 15.2 Å². The third-order valence-electron chi connectivity index (χ3n) is 2.95. The summed E-state index contributed by atoms with van der Waals surface area (Å²) < 4.78 is 10.9. The number of non-ortho nitro benzene ring substituents is 1. The van der Waals surface area contributed by atoms with Crippen LogP contribution in [0.5, 0.6) is 5.75 Å². The number of nitro benzene ring substituents is 1. The maximum Gasteiger partial charge on any atom is 0.269 e. The predicted molar refractivity (Wildman–Crippen MR) is 64.7 cm³/mol. The van der Waals surface area contributed by atoms with Gasteiger partial charge in [0, 0.05) is 18.6 Å². The first-order chi connectivity index (χ1) is 9.10. The molecule has 0 saturated carbocycles. The molecule has 1 fully saturated rings. The van der Waals surface area contributed by atoms with E-state index in [1.165, 1.54) is 24.3 Å². The Labute approximate surface area is 109 Å². The summed E-state index contributed by atoms with van der Waals surface area (Å²) in [6.07, 6.45) is -0.946. The van der Waals surface area contributed by atoms with Gasteiger partial charge in [-0.15, -0.1) is 0 Å². The van der Waals surface area contributed by atoms with Gasteiger partial charge in [-0.25, -0.2) is 0 Å². The second kappa shape index (κ2) is 5.96. The van der Waals surface area contributed by atoms with Gasteiger partial charge in [-0.1, -0.05) is 0 Å². The lowest BCUT2D eigenvalue weighted by Crippen LogP contribution is -2.43. The minimum absolute atomic E-state index is 0.0134. The van der Waals surface area contributed by atoms with Gasteiger partial charge in [-0.2, -0.15) is 0 Å². The van der Waals surface area contributed by atoms with Crippen LogP contribution in [0.4, 0.5) is 5.69 Å². The lowest BCUT2D eigenvalue weighted by molar-refractivity contribution is -0.384. The molecule has 2 rings (SSSR count). The van der Waals surface area contributed by atoms with Crippen LogP contribution in [0.25, 0.3) is 0 Å². The molecule has 1 aromatic carbocycles. The molecular weight excluding hydrogens is 254 g/mol. The van der Waals surface area contributed by atoms with Crippen molar-refractivity contribution in [3.8, 4) is 5.75 Å². The summed E-state index contributed by atoms with van der Waals surface area (Å²) >= 11 is 0. The lowest BCUT2D eigenvalue weighted by atomic mass is 10.1. The molecular formula is C12H15NO6. The topological polar surface area (TPSA) is 102 Å². The first-order valence-corrected chi connectivity index (χ1v) is 5.95. The molecule has 1 saturated heterocycles. The first kappa shape index (κ1) is 13.7. The molecule has 7 heteroatoms. The normalized spacial score (nSPS) is 26.9. The van der Waals surface area contributed by atoms with Crippen molar-refractivity contribution >= 4 is 5.69 Å². The van der Waals surface area contributed by atoms with Gasteiger partial charge in [-0.05, 0) is 18.6 Å². The van der Waals surface area contributed by atoms with Crippen molar-refractivity contribution in [2.24, 2.45) is 0 Å². The molecule has 7 nitrogen and oxygen atoms in total. The fraction of sp³-hybridized carbons (Fsp3) is 0.500. The van der Waals surface area contributed by atoms with Crippen molar-refractivity contribution in [1.82, 2.24) is 0 Å². The van der Waals surface area contributed by atoms with E-state index in [0.717, 1.165) is 0 Å². The number of rotatable bonds is 4. The molecule has 0 radical (unpaired) electrons. The summed E-state index contributed by atoms with van der Waals surface area (Å²) in [6.45, 7) is -0.276. The van der Waals surface area contributed by atoms with Crippen LogP contribution in [0.15, 0.2) is 24.3 Å². The molecule has 0 aromatic heterocycles. The molecule has 2 N–H and O–H groups in total. The Morgan fingerprint density at radius 1 is 1.37 bits per heavy atom. The van der Waals surface area contributed by atoms with Crippen molar-refractivity contribution in [2.75, 3.05) is 6.61 Å². The Morgan fingerprint density at radius 3 is 2.63 bits per heavy atom. The van der Waals surface area contributed by atoms with Crippen molar-refractivity contribution in [2.45, 2.75) is 31.3 Å². The third kappa shape index (κ3) is 3.40. The molecule has 1 aliphatic rings. The zero-order chi connectivity index (χ0) is 13.8. The van der Waals surface area contributed by atoms with Crippen molar-refractivity contribution in [3.63, 3.8) is 0 Å². The Hall–Kier alpha value is -1.70. The minimum Gasteiger partial charge on any atom is -0.465 e. The number of benzene rings is 1. The van der Waals surface area contributed by atoms with E-state index < -0.39 is 23.4 Å². The van der Waals surface area contributed by atoms with Gasteiger partial charge in [0.05, 0.1) is 17.6 Å². The van der Waals surface area contributed by atoms with Crippen LogP contribution in [-0.2, 0) is 4.74 Å². The summed E-state index contributed by atoms with van der Waals surface area (Å²) in [4.78, 5) is 10.0. The van der Waals surface area contributed by atoms with Gasteiger partial charge >= 0.3 is 0 Å². The second-order valence-electron chi connectivity index (χ2n) is 4.30. The fourth-order valence-electron chi connectivity index (χ4n) is 1.90. The number of hydrogen-bond donors (Lipinski definition) is 2. The maximum atomic E-state index is 10.5.